The number of amides is 1. The first-order valence-electron chi connectivity index (χ1n) is 6.99. The Balaban J connectivity index is 1.85. The van der Waals surface area contributed by atoms with E-state index in [1.54, 1.807) is 0 Å². The lowest BCUT2D eigenvalue weighted by Gasteiger charge is -2.30. The first kappa shape index (κ1) is 16.4. The zero-order chi connectivity index (χ0) is 15.5. The van der Waals surface area contributed by atoms with Gasteiger partial charge < -0.3 is 10.6 Å². The molecule has 0 unspecified atom stereocenters. The van der Waals surface area contributed by atoms with Crippen LogP contribution in [0.1, 0.15) is 29.4 Å². The number of thiophene rings is 1. The van der Waals surface area contributed by atoms with E-state index in [-0.39, 0.29) is 9.77 Å². The van der Waals surface area contributed by atoms with Gasteiger partial charge in [0.2, 0.25) is 10.0 Å². The maximum absolute atomic E-state index is 12.1. The van der Waals surface area contributed by atoms with Crippen molar-refractivity contribution in [2.75, 3.05) is 26.2 Å². The molecule has 2 heterocycles. The molecule has 1 aliphatic rings. The van der Waals surface area contributed by atoms with Crippen LogP contribution in [-0.4, -0.2) is 45.4 Å². The van der Waals surface area contributed by atoms with Crippen LogP contribution in [0.25, 0.3) is 0 Å². The summed E-state index contributed by atoms with van der Waals surface area (Å²) in [6.07, 6.45) is 2.33. The summed E-state index contributed by atoms with van der Waals surface area (Å²) in [5.74, 6) is 0.153. The van der Waals surface area contributed by atoms with E-state index in [9.17, 15) is 13.2 Å². The number of nitrogens with two attached hydrogens (primary N) is 1. The summed E-state index contributed by atoms with van der Waals surface area (Å²) in [5.41, 5.74) is 5.13. The Labute approximate surface area is 129 Å². The molecule has 1 saturated heterocycles. The summed E-state index contributed by atoms with van der Waals surface area (Å²) in [5, 5.41) is 1.44. The Bertz CT molecular complexity index is 590. The second kappa shape index (κ2) is 6.87. The van der Waals surface area contributed by atoms with E-state index >= 15 is 0 Å². The Kier molecular flexibility index (Phi) is 5.37. The Morgan fingerprint density at radius 3 is 2.71 bits per heavy atom. The van der Waals surface area contributed by atoms with E-state index < -0.39 is 15.9 Å². The van der Waals surface area contributed by atoms with Crippen molar-refractivity contribution < 1.29 is 13.2 Å². The first-order valence-corrected chi connectivity index (χ1v) is 9.35. The van der Waals surface area contributed by atoms with Crippen LogP contribution in [-0.2, 0) is 10.0 Å². The topological polar surface area (TPSA) is 92.5 Å². The van der Waals surface area contributed by atoms with Gasteiger partial charge in [-0.1, -0.05) is 6.92 Å². The predicted molar refractivity (Wildman–Crippen MR) is 82.9 cm³/mol. The smallest absolute Gasteiger partial charge is 0.258 e. The van der Waals surface area contributed by atoms with Gasteiger partial charge in [-0.15, -0.1) is 11.3 Å². The second-order valence-electron chi connectivity index (χ2n) is 5.43. The van der Waals surface area contributed by atoms with Crippen LogP contribution in [0, 0.1) is 5.92 Å². The normalized spacial score (nSPS) is 18.0. The van der Waals surface area contributed by atoms with Gasteiger partial charge in [0.05, 0.1) is 9.77 Å². The summed E-state index contributed by atoms with van der Waals surface area (Å²) in [7, 11) is -3.56. The highest BCUT2D eigenvalue weighted by Crippen LogP contribution is 2.19. The van der Waals surface area contributed by atoms with Crippen LogP contribution in [0.4, 0.5) is 0 Å². The number of carbonyl (C=O) groups is 1. The van der Waals surface area contributed by atoms with Crippen molar-refractivity contribution in [3.8, 4) is 0 Å². The van der Waals surface area contributed by atoms with Crippen LogP contribution in [0.5, 0.6) is 0 Å². The molecule has 0 atom stereocenters. The van der Waals surface area contributed by atoms with Crippen LogP contribution in [0.2, 0.25) is 0 Å². The van der Waals surface area contributed by atoms with Gasteiger partial charge in [0.15, 0.2) is 0 Å². The highest BCUT2D eigenvalue weighted by molar-refractivity contribution is 7.89. The van der Waals surface area contributed by atoms with Crippen molar-refractivity contribution in [3.05, 3.63) is 16.3 Å². The molecule has 1 aromatic rings. The van der Waals surface area contributed by atoms with Crippen molar-refractivity contribution in [3.63, 3.8) is 0 Å². The molecule has 1 fully saturated rings. The van der Waals surface area contributed by atoms with Gasteiger partial charge in [0, 0.05) is 18.5 Å². The maximum Gasteiger partial charge on any atom is 0.258 e. The van der Waals surface area contributed by atoms with E-state index in [0.29, 0.717) is 13.1 Å². The standard InChI is InChI=1S/C13H21N3O3S2/c1-10-2-5-16(6-3-10)7-4-15-21(18,19)11-8-12(13(14)17)20-9-11/h8-10,15H,2-7H2,1H3,(H2,14,17). The molecule has 0 bridgehead atoms. The molecule has 0 radical (unpaired) electrons. The fraction of sp³-hybridized carbons (Fsp3) is 0.615. The summed E-state index contributed by atoms with van der Waals surface area (Å²) < 4.78 is 26.7. The molecule has 1 aromatic heterocycles. The second-order valence-corrected chi connectivity index (χ2v) is 8.11. The third-order valence-corrected chi connectivity index (χ3v) is 6.26. The van der Waals surface area contributed by atoms with Gasteiger partial charge in [-0.3, -0.25) is 4.79 Å². The number of likely N-dealkylation sites (tertiary alicyclic amines) is 1. The highest BCUT2D eigenvalue weighted by atomic mass is 32.2. The molecule has 3 N–H and O–H groups in total. The minimum atomic E-state index is -3.56. The zero-order valence-corrected chi connectivity index (χ0v) is 13.7. The number of nitrogens with zero attached hydrogens (tertiary/aromatic N) is 1. The van der Waals surface area contributed by atoms with E-state index in [0.717, 1.165) is 30.3 Å². The molecule has 6 nitrogen and oxygen atoms in total. The SMILES string of the molecule is CC1CCN(CCNS(=O)(=O)c2csc(C(N)=O)c2)CC1. The molecule has 0 aliphatic carbocycles. The molecule has 8 heteroatoms. The lowest BCUT2D eigenvalue weighted by Crippen LogP contribution is -2.39. The lowest BCUT2D eigenvalue weighted by atomic mass is 9.99. The monoisotopic (exact) mass is 331 g/mol. The van der Waals surface area contributed by atoms with Gasteiger partial charge in [0.25, 0.3) is 5.91 Å². The Morgan fingerprint density at radius 2 is 2.14 bits per heavy atom. The van der Waals surface area contributed by atoms with Crippen LogP contribution in [0.3, 0.4) is 0 Å². The summed E-state index contributed by atoms with van der Waals surface area (Å²) in [4.78, 5) is 13.6. The minimum Gasteiger partial charge on any atom is -0.365 e. The van der Waals surface area contributed by atoms with Crippen molar-refractivity contribution in [1.82, 2.24) is 9.62 Å². The number of hydrogen-bond acceptors (Lipinski definition) is 5. The minimum absolute atomic E-state index is 0.105. The fourth-order valence-corrected chi connectivity index (χ4v) is 4.44. The fourth-order valence-electron chi connectivity index (χ4n) is 2.30. The Hall–Kier alpha value is -0.960. The number of hydrogen-bond donors (Lipinski definition) is 2. The van der Waals surface area contributed by atoms with Gasteiger partial charge in [-0.05, 0) is 37.9 Å². The molecule has 21 heavy (non-hydrogen) atoms. The van der Waals surface area contributed by atoms with Crippen LogP contribution < -0.4 is 10.5 Å². The van der Waals surface area contributed by atoms with Gasteiger partial charge >= 0.3 is 0 Å². The number of primary amides is 1. The summed E-state index contributed by atoms with van der Waals surface area (Å²) >= 11 is 1.04. The van der Waals surface area contributed by atoms with E-state index in [1.165, 1.54) is 24.3 Å². The average Bonchev–Trinajstić information content (AvgIpc) is 2.91. The third kappa shape index (κ3) is 4.50. The van der Waals surface area contributed by atoms with Crippen molar-refractivity contribution in [2.24, 2.45) is 11.7 Å². The van der Waals surface area contributed by atoms with Crippen molar-refractivity contribution in [2.45, 2.75) is 24.7 Å². The first-order chi connectivity index (χ1) is 9.88. The van der Waals surface area contributed by atoms with Gasteiger partial charge in [-0.25, -0.2) is 13.1 Å². The van der Waals surface area contributed by atoms with Gasteiger partial charge in [-0.2, -0.15) is 0 Å². The Morgan fingerprint density at radius 1 is 1.48 bits per heavy atom. The largest absolute Gasteiger partial charge is 0.365 e. The number of carbonyl (C=O) groups excluding carboxylic acids is 1. The number of sulfonamides is 1. The van der Waals surface area contributed by atoms with Crippen LogP contribution in [0.15, 0.2) is 16.3 Å². The highest BCUT2D eigenvalue weighted by Gasteiger charge is 2.19. The zero-order valence-electron chi connectivity index (χ0n) is 12.0. The van der Waals surface area contributed by atoms with Crippen molar-refractivity contribution in [1.29, 1.82) is 0 Å². The molecule has 1 aliphatic heterocycles. The van der Waals surface area contributed by atoms with Crippen LogP contribution >= 0.6 is 11.3 Å². The van der Waals surface area contributed by atoms with E-state index in [4.69, 9.17) is 5.73 Å². The molecular formula is C13H21N3O3S2. The molecule has 118 valence electrons. The lowest BCUT2D eigenvalue weighted by molar-refractivity contribution is 0.100. The maximum atomic E-state index is 12.1. The average molecular weight is 331 g/mol. The molecule has 0 saturated carbocycles. The molecule has 0 spiro atoms. The molecular weight excluding hydrogens is 310 g/mol. The molecule has 2 rings (SSSR count). The molecule has 1 amide bonds. The third-order valence-electron chi connectivity index (χ3n) is 3.72. The summed E-state index contributed by atoms with van der Waals surface area (Å²) in [6.45, 7) is 5.37. The van der Waals surface area contributed by atoms with Crippen molar-refractivity contribution >= 4 is 27.3 Å². The summed E-state index contributed by atoms with van der Waals surface area (Å²) in [6, 6.07) is 1.32. The number of piperidine rings is 1. The van der Waals surface area contributed by atoms with E-state index in [1.807, 2.05) is 0 Å². The predicted octanol–water partition coefficient (Wildman–Crippen LogP) is 0.857. The van der Waals surface area contributed by atoms with Gasteiger partial charge in [0.1, 0.15) is 0 Å². The number of rotatable bonds is 6. The quantitative estimate of drug-likeness (QED) is 0.808. The number of nitrogens with one attached hydrogen (secondary N) is 1. The van der Waals surface area contributed by atoms with E-state index in [2.05, 4.69) is 16.5 Å². The molecule has 0 aromatic carbocycles.